The van der Waals surface area contributed by atoms with Gasteiger partial charge in [-0.25, -0.2) is 9.50 Å². The molecule has 6 rings (SSSR count). The monoisotopic (exact) mass is 445 g/mol. The molecule has 8 heteroatoms. The van der Waals surface area contributed by atoms with Crippen LogP contribution in [0.3, 0.4) is 0 Å². The topological polar surface area (TPSA) is 84.9 Å². The number of nitrogens with one attached hydrogen (secondary N) is 1. The van der Waals surface area contributed by atoms with Crippen LogP contribution < -0.4 is 15.0 Å². The van der Waals surface area contributed by atoms with Crippen LogP contribution in [0, 0.1) is 5.92 Å². The number of carbonyl (C=O) groups excluding carboxylic acids is 1. The van der Waals surface area contributed by atoms with E-state index >= 15 is 0 Å². The lowest BCUT2D eigenvalue weighted by Crippen LogP contribution is -2.49. The smallest absolute Gasteiger partial charge is 0.231 e. The van der Waals surface area contributed by atoms with Gasteiger partial charge in [-0.15, -0.1) is 5.10 Å². The third kappa shape index (κ3) is 3.74. The summed E-state index contributed by atoms with van der Waals surface area (Å²) in [6.07, 6.45) is 3.94. The SMILES string of the molecule is C[C@H]1CNCCN1c1cccc2oc(-c3cnc4ccc(OC[C@H]5CCC(=O)C5)nn34)cc12. The van der Waals surface area contributed by atoms with Gasteiger partial charge in [0.15, 0.2) is 11.4 Å². The Labute approximate surface area is 191 Å². The molecule has 0 bridgehead atoms. The Bertz CT molecular complexity index is 1330. The summed E-state index contributed by atoms with van der Waals surface area (Å²) in [4.78, 5) is 18.5. The van der Waals surface area contributed by atoms with Crippen LogP contribution in [0.25, 0.3) is 28.1 Å². The van der Waals surface area contributed by atoms with Crippen molar-refractivity contribution in [1.29, 1.82) is 0 Å². The molecular weight excluding hydrogens is 418 g/mol. The third-order valence-corrected chi connectivity index (χ3v) is 6.75. The fourth-order valence-electron chi connectivity index (χ4n) is 4.96. The molecule has 0 radical (unpaired) electrons. The zero-order valence-corrected chi connectivity index (χ0v) is 18.7. The number of rotatable bonds is 5. The summed E-state index contributed by atoms with van der Waals surface area (Å²) >= 11 is 0. The molecule has 2 fully saturated rings. The number of fused-ring (bicyclic) bond motifs is 2. The standard InChI is InChI=1S/C25H27N5O3/c1-16-13-26-9-10-29(16)20-3-2-4-22-19(20)12-23(33-22)21-14-27-24-7-8-25(28-30(21)24)32-15-17-5-6-18(31)11-17/h2-4,7-8,12,14,16-17,26H,5-6,9-11,13,15H2,1H3/t16-,17-/m0/s1. The highest BCUT2D eigenvalue weighted by Crippen LogP contribution is 2.35. The number of aromatic nitrogens is 3. The average Bonchev–Trinajstić information content (AvgIpc) is 3.55. The van der Waals surface area contributed by atoms with Gasteiger partial charge in [-0.1, -0.05) is 6.07 Å². The lowest BCUT2D eigenvalue weighted by Gasteiger charge is -2.36. The molecule has 0 amide bonds. The largest absolute Gasteiger partial charge is 0.476 e. The summed E-state index contributed by atoms with van der Waals surface area (Å²) in [5.74, 6) is 1.84. The number of piperazine rings is 1. The Hall–Kier alpha value is -3.39. The molecular formula is C25H27N5O3. The minimum absolute atomic E-state index is 0.276. The van der Waals surface area contributed by atoms with E-state index in [1.165, 1.54) is 5.69 Å². The van der Waals surface area contributed by atoms with Crippen LogP contribution in [0.1, 0.15) is 26.2 Å². The van der Waals surface area contributed by atoms with Gasteiger partial charge in [-0.2, -0.15) is 0 Å². The lowest BCUT2D eigenvalue weighted by molar-refractivity contribution is -0.117. The van der Waals surface area contributed by atoms with E-state index in [9.17, 15) is 4.79 Å². The van der Waals surface area contributed by atoms with E-state index in [4.69, 9.17) is 9.15 Å². The second-order valence-electron chi connectivity index (χ2n) is 9.09. The maximum absolute atomic E-state index is 11.5. The van der Waals surface area contributed by atoms with Crippen molar-refractivity contribution in [2.45, 2.75) is 32.2 Å². The van der Waals surface area contributed by atoms with E-state index in [1.54, 1.807) is 10.7 Å². The molecule has 2 atom stereocenters. The molecule has 170 valence electrons. The second-order valence-corrected chi connectivity index (χ2v) is 9.09. The van der Waals surface area contributed by atoms with Crippen molar-refractivity contribution in [3.8, 4) is 17.3 Å². The summed E-state index contributed by atoms with van der Waals surface area (Å²) in [6, 6.07) is 12.4. The highest BCUT2D eigenvalue weighted by molar-refractivity contribution is 5.94. The van der Waals surface area contributed by atoms with E-state index in [2.05, 4.69) is 39.4 Å². The first kappa shape index (κ1) is 20.2. The number of furan rings is 1. The van der Waals surface area contributed by atoms with Crippen molar-refractivity contribution in [3.05, 3.63) is 42.6 Å². The van der Waals surface area contributed by atoms with Crippen molar-refractivity contribution in [2.24, 2.45) is 5.92 Å². The van der Waals surface area contributed by atoms with Crippen molar-refractivity contribution in [1.82, 2.24) is 19.9 Å². The first-order valence-corrected chi connectivity index (χ1v) is 11.7. The Balaban J connectivity index is 1.32. The van der Waals surface area contributed by atoms with Crippen LogP contribution in [-0.4, -0.2) is 52.7 Å². The van der Waals surface area contributed by atoms with Crippen LogP contribution >= 0.6 is 0 Å². The molecule has 0 spiro atoms. The number of anilines is 1. The first-order valence-electron chi connectivity index (χ1n) is 11.7. The number of hydrogen-bond acceptors (Lipinski definition) is 7. The summed E-state index contributed by atoms with van der Waals surface area (Å²) in [6.45, 7) is 5.65. The maximum atomic E-state index is 11.5. The number of ketones is 1. The molecule has 2 aliphatic rings. The van der Waals surface area contributed by atoms with Crippen molar-refractivity contribution in [3.63, 3.8) is 0 Å². The number of benzene rings is 1. The van der Waals surface area contributed by atoms with Gasteiger partial charge in [0, 0.05) is 61.6 Å². The number of hydrogen-bond donors (Lipinski definition) is 1. The van der Waals surface area contributed by atoms with Gasteiger partial charge in [-0.05, 0) is 37.6 Å². The lowest BCUT2D eigenvalue weighted by atomic mass is 10.1. The van der Waals surface area contributed by atoms with Gasteiger partial charge >= 0.3 is 0 Å². The fourth-order valence-corrected chi connectivity index (χ4v) is 4.96. The van der Waals surface area contributed by atoms with E-state index in [0.29, 0.717) is 37.2 Å². The van der Waals surface area contributed by atoms with E-state index in [1.807, 2.05) is 24.3 Å². The van der Waals surface area contributed by atoms with E-state index in [0.717, 1.165) is 54.1 Å². The molecule has 8 nitrogen and oxygen atoms in total. The molecule has 1 aromatic carbocycles. The molecule has 1 saturated heterocycles. The van der Waals surface area contributed by atoms with Gasteiger partial charge in [-0.3, -0.25) is 4.79 Å². The maximum Gasteiger partial charge on any atom is 0.231 e. The Morgan fingerprint density at radius 1 is 1.27 bits per heavy atom. The zero-order valence-electron chi connectivity index (χ0n) is 18.7. The number of ether oxygens (including phenoxy) is 1. The fraction of sp³-hybridized carbons (Fsp3) is 0.400. The number of imidazole rings is 1. The predicted octanol–water partition coefficient (Wildman–Crippen LogP) is 3.69. The molecule has 0 unspecified atom stereocenters. The molecule has 1 N–H and O–H groups in total. The Kier molecular flexibility index (Phi) is 5.02. The van der Waals surface area contributed by atoms with Crippen LogP contribution in [0.2, 0.25) is 0 Å². The highest BCUT2D eigenvalue weighted by atomic mass is 16.5. The van der Waals surface area contributed by atoms with E-state index in [-0.39, 0.29) is 5.92 Å². The Morgan fingerprint density at radius 2 is 2.21 bits per heavy atom. The average molecular weight is 446 g/mol. The summed E-state index contributed by atoms with van der Waals surface area (Å²) in [5, 5.41) is 9.20. The molecule has 33 heavy (non-hydrogen) atoms. The summed E-state index contributed by atoms with van der Waals surface area (Å²) in [7, 11) is 0. The summed E-state index contributed by atoms with van der Waals surface area (Å²) in [5.41, 5.74) is 3.54. The molecule has 1 aliphatic heterocycles. The van der Waals surface area contributed by atoms with Gasteiger partial charge < -0.3 is 19.4 Å². The van der Waals surface area contributed by atoms with Gasteiger partial charge in [0.2, 0.25) is 5.88 Å². The number of carbonyl (C=O) groups is 1. The molecule has 1 aliphatic carbocycles. The van der Waals surface area contributed by atoms with Crippen LogP contribution in [0.15, 0.2) is 47.0 Å². The third-order valence-electron chi connectivity index (χ3n) is 6.75. The quantitative estimate of drug-likeness (QED) is 0.501. The minimum atomic E-state index is 0.276. The Morgan fingerprint density at radius 3 is 3.06 bits per heavy atom. The highest BCUT2D eigenvalue weighted by Gasteiger charge is 2.24. The van der Waals surface area contributed by atoms with Crippen LogP contribution in [0.5, 0.6) is 5.88 Å². The van der Waals surface area contributed by atoms with Crippen molar-refractivity contribution >= 4 is 28.1 Å². The van der Waals surface area contributed by atoms with Crippen LogP contribution in [-0.2, 0) is 4.79 Å². The van der Waals surface area contributed by atoms with E-state index < -0.39 is 0 Å². The molecule has 4 heterocycles. The normalized spacial score (nSPS) is 21.4. The minimum Gasteiger partial charge on any atom is -0.476 e. The number of Topliss-reactive ketones (excluding diaryl/α,β-unsaturated/α-hetero) is 1. The number of nitrogens with zero attached hydrogens (tertiary/aromatic N) is 4. The zero-order chi connectivity index (χ0) is 22.4. The van der Waals surface area contributed by atoms with Gasteiger partial charge in [0.25, 0.3) is 0 Å². The van der Waals surface area contributed by atoms with Gasteiger partial charge in [0.1, 0.15) is 17.1 Å². The predicted molar refractivity (Wildman–Crippen MR) is 126 cm³/mol. The molecule has 1 saturated carbocycles. The van der Waals surface area contributed by atoms with Crippen molar-refractivity contribution in [2.75, 3.05) is 31.1 Å². The van der Waals surface area contributed by atoms with Gasteiger partial charge in [0.05, 0.1) is 12.8 Å². The van der Waals surface area contributed by atoms with Crippen molar-refractivity contribution < 1.29 is 13.9 Å². The second kappa shape index (κ2) is 8.19. The molecule has 4 aromatic rings. The summed E-state index contributed by atoms with van der Waals surface area (Å²) < 4.78 is 13.9. The molecule has 3 aromatic heterocycles. The first-order chi connectivity index (χ1) is 16.2. The van der Waals surface area contributed by atoms with Crippen LogP contribution in [0.4, 0.5) is 5.69 Å².